The van der Waals surface area contributed by atoms with E-state index in [1.807, 2.05) is 19.9 Å². The molecule has 3 rings (SSSR count). The molecule has 30 heavy (non-hydrogen) atoms. The van der Waals surface area contributed by atoms with E-state index in [2.05, 4.69) is 0 Å². The van der Waals surface area contributed by atoms with Crippen LogP contribution in [0.3, 0.4) is 0 Å². The van der Waals surface area contributed by atoms with Gasteiger partial charge in [-0.3, -0.25) is 14.2 Å². The van der Waals surface area contributed by atoms with Crippen LogP contribution in [0.1, 0.15) is 42.5 Å². The molecule has 0 aliphatic rings. The lowest BCUT2D eigenvalue weighted by Gasteiger charge is -2.30. The average molecular weight is 411 g/mol. The van der Waals surface area contributed by atoms with Gasteiger partial charge < -0.3 is 9.64 Å². The van der Waals surface area contributed by atoms with Crippen LogP contribution in [0.4, 0.5) is 4.39 Å². The predicted molar refractivity (Wildman–Crippen MR) is 114 cm³/mol. The highest BCUT2D eigenvalue weighted by atomic mass is 19.1. The predicted octanol–water partition coefficient (Wildman–Crippen LogP) is 3.80. The quantitative estimate of drug-likeness (QED) is 0.529. The summed E-state index contributed by atoms with van der Waals surface area (Å²) < 4.78 is 20.4. The van der Waals surface area contributed by atoms with Crippen molar-refractivity contribution in [3.05, 3.63) is 76.1 Å². The molecule has 0 aliphatic heterocycles. The molecule has 158 valence electrons. The molecule has 3 aromatic rings. The summed E-state index contributed by atoms with van der Waals surface area (Å²) in [6.07, 6.45) is 0.603. The molecular weight excluding hydrogens is 385 g/mol. The second-order valence-corrected chi connectivity index (χ2v) is 7.07. The highest BCUT2D eigenvalue weighted by Gasteiger charge is 2.26. The maximum absolute atomic E-state index is 13.7. The molecule has 0 saturated heterocycles. The number of hydrogen-bond acceptors (Lipinski definition) is 4. The fourth-order valence-electron chi connectivity index (χ4n) is 3.59. The van der Waals surface area contributed by atoms with E-state index in [4.69, 9.17) is 9.72 Å². The molecule has 0 aliphatic carbocycles. The first-order valence-corrected chi connectivity index (χ1v) is 10.0. The SMILES string of the molecule is CCn1c(C(C)N(CCCOC)C(=O)c2cccc(F)c2)nc2ccccc2c1=O. The van der Waals surface area contributed by atoms with Gasteiger partial charge in [-0.2, -0.15) is 0 Å². The summed E-state index contributed by atoms with van der Waals surface area (Å²) in [6, 6.07) is 12.3. The van der Waals surface area contributed by atoms with Crippen molar-refractivity contribution >= 4 is 16.8 Å². The minimum atomic E-state index is -0.491. The van der Waals surface area contributed by atoms with E-state index in [1.165, 1.54) is 18.2 Å². The fraction of sp³-hybridized carbons (Fsp3) is 0.348. The number of benzene rings is 2. The lowest BCUT2D eigenvalue weighted by Crippen LogP contribution is -2.38. The number of carbonyl (C=O) groups is 1. The molecule has 0 radical (unpaired) electrons. The monoisotopic (exact) mass is 411 g/mol. The molecule has 6 nitrogen and oxygen atoms in total. The summed E-state index contributed by atoms with van der Waals surface area (Å²) in [4.78, 5) is 32.6. The van der Waals surface area contributed by atoms with Crippen molar-refractivity contribution < 1.29 is 13.9 Å². The summed E-state index contributed by atoms with van der Waals surface area (Å²) >= 11 is 0. The number of ether oxygens (including phenoxy) is 1. The first-order chi connectivity index (χ1) is 14.5. The number of nitrogens with zero attached hydrogens (tertiary/aromatic N) is 3. The number of methoxy groups -OCH3 is 1. The first-order valence-electron chi connectivity index (χ1n) is 10.0. The molecular formula is C23H26FN3O3. The number of halogens is 1. The van der Waals surface area contributed by atoms with Gasteiger partial charge in [-0.1, -0.05) is 18.2 Å². The molecule has 0 bridgehead atoms. The van der Waals surface area contributed by atoms with Gasteiger partial charge in [0.25, 0.3) is 11.5 Å². The Balaban J connectivity index is 2.07. The summed E-state index contributed by atoms with van der Waals surface area (Å²) in [6.45, 7) is 5.00. The third kappa shape index (κ3) is 4.41. The van der Waals surface area contributed by atoms with E-state index in [-0.39, 0.29) is 17.0 Å². The molecule has 1 aromatic heterocycles. The number of aromatic nitrogens is 2. The van der Waals surface area contributed by atoms with Gasteiger partial charge >= 0.3 is 0 Å². The highest BCUT2D eigenvalue weighted by Crippen LogP contribution is 2.23. The Labute approximate surface area is 174 Å². The van der Waals surface area contributed by atoms with E-state index in [1.54, 1.807) is 40.8 Å². The van der Waals surface area contributed by atoms with Crippen molar-refractivity contribution in [2.45, 2.75) is 32.9 Å². The zero-order valence-electron chi connectivity index (χ0n) is 17.5. The van der Waals surface area contributed by atoms with Gasteiger partial charge in [0.05, 0.1) is 16.9 Å². The maximum atomic E-state index is 13.7. The molecule has 2 aromatic carbocycles. The minimum Gasteiger partial charge on any atom is -0.385 e. The second-order valence-electron chi connectivity index (χ2n) is 7.07. The van der Waals surface area contributed by atoms with Crippen LogP contribution in [-0.4, -0.2) is 40.6 Å². The molecule has 1 atom stereocenters. The summed E-state index contributed by atoms with van der Waals surface area (Å²) in [7, 11) is 1.60. The van der Waals surface area contributed by atoms with Crippen molar-refractivity contribution in [1.29, 1.82) is 0 Å². The van der Waals surface area contributed by atoms with Crippen LogP contribution in [-0.2, 0) is 11.3 Å². The zero-order chi connectivity index (χ0) is 21.7. The molecule has 1 amide bonds. The topological polar surface area (TPSA) is 64.4 Å². The van der Waals surface area contributed by atoms with Gasteiger partial charge in [-0.25, -0.2) is 9.37 Å². The van der Waals surface area contributed by atoms with Gasteiger partial charge in [0.1, 0.15) is 11.6 Å². The number of amides is 1. The minimum absolute atomic E-state index is 0.139. The van der Waals surface area contributed by atoms with Crippen LogP contribution in [0.2, 0.25) is 0 Å². The van der Waals surface area contributed by atoms with Gasteiger partial charge in [-0.05, 0) is 50.6 Å². The van der Waals surface area contributed by atoms with E-state index < -0.39 is 11.9 Å². The Morgan fingerprint density at radius 3 is 2.70 bits per heavy atom. The number of hydrogen-bond donors (Lipinski definition) is 0. The first kappa shape index (κ1) is 21.6. The lowest BCUT2D eigenvalue weighted by molar-refractivity contribution is 0.0655. The van der Waals surface area contributed by atoms with Gasteiger partial charge in [0, 0.05) is 32.4 Å². The van der Waals surface area contributed by atoms with Crippen LogP contribution in [0.25, 0.3) is 10.9 Å². The molecule has 0 spiro atoms. The number of rotatable bonds is 8. The van der Waals surface area contributed by atoms with Crippen LogP contribution < -0.4 is 5.56 Å². The van der Waals surface area contributed by atoms with Crippen molar-refractivity contribution in [2.24, 2.45) is 0 Å². The maximum Gasteiger partial charge on any atom is 0.261 e. The third-order valence-electron chi connectivity index (χ3n) is 5.13. The Morgan fingerprint density at radius 2 is 2.00 bits per heavy atom. The van der Waals surface area contributed by atoms with Crippen molar-refractivity contribution in [1.82, 2.24) is 14.5 Å². The Bertz CT molecular complexity index is 1100. The Kier molecular flexibility index (Phi) is 6.95. The number of para-hydroxylation sites is 1. The average Bonchev–Trinajstić information content (AvgIpc) is 2.76. The highest BCUT2D eigenvalue weighted by molar-refractivity contribution is 5.94. The largest absolute Gasteiger partial charge is 0.385 e. The van der Waals surface area contributed by atoms with Crippen LogP contribution in [0.15, 0.2) is 53.3 Å². The standard InChI is InChI=1S/C23H26FN3O3/c1-4-26-21(25-20-12-6-5-11-19(20)23(26)29)16(2)27(13-8-14-30-3)22(28)17-9-7-10-18(24)15-17/h5-7,9-12,15-16H,4,8,13-14H2,1-3H3. The van der Waals surface area contributed by atoms with Crippen molar-refractivity contribution in [3.63, 3.8) is 0 Å². The summed E-state index contributed by atoms with van der Waals surface area (Å²) in [5.41, 5.74) is 0.703. The third-order valence-corrected chi connectivity index (χ3v) is 5.13. The molecule has 0 fully saturated rings. The number of fused-ring (bicyclic) bond motifs is 1. The smallest absolute Gasteiger partial charge is 0.261 e. The van der Waals surface area contributed by atoms with E-state index in [9.17, 15) is 14.0 Å². The van der Waals surface area contributed by atoms with E-state index in [0.717, 1.165) is 0 Å². The molecule has 0 saturated carbocycles. The molecule has 1 unspecified atom stereocenters. The lowest BCUT2D eigenvalue weighted by atomic mass is 10.1. The summed E-state index contributed by atoms with van der Waals surface area (Å²) in [5.74, 6) is -0.286. The molecule has 1 heterocycles. The van der Waals surface area contributed by atoms with Gasteiger partial charge in [0.15, 0.2) is 0 Å². The zero-order valence-corrected chi connectivity index (χ0v) is 17.5. The molecule has 0 N–H and O–H groups in total. The van der Waals surface area contributed by atoms with Gasteiger partial charge in [-0.15, -0.1) is 0 Å². The number of carbonyl (C=O) groups excluding carboxylic acids is 1. The van der Waals surface area contributed by atoms with E-state index >= 15 is 0 Å². The Hall–Kier alpha value is -3.06. The van der Waals surface area contributed by atoms with Crippen molar-refractivity contribution in [3.8, 4) is 0 Å². The van der Waals surface area contributed by atoms with Crippen molar-refractivity contribution in [2.75, 3.05) is 20.3 Å². The Morgan fingerprint density at radius 1 is 1.23 bits per heavy atom. The fourth-order valence-corrected chi connectivity index (χ4v) is 3.59. The van der Waals surface area contributed by atoms with E-state index in [0.29, 0.717) is 42.8 Å². The van der Waals surface area contributed by atoms with Crippen LogP contribution in [0.5, 0.6) is 0 Å². The molecule has 7 heteroatoms. The second kappa shape index (κ2) is 9.63. The van der Waals surface area contributed by atoms with Crippen LogP contribution in [0, 0.1) is 5.82 Å². The van der Waals surface area contributed by atoms with Gasteiger partial charge in [0.2, 0.25) is 0 Å². The summed E-state index contributed by atoms with van der Waals surface area (Å²) in [5, 5.41) is 0.540. The van der Waals surface area contributed by atoms with Crippen LogP contribution >= 0.6 is 0 Å². The normalized spacial score (nSPS) is 12.1.